The van der Waals surface area contributed by atoms with Gasteiger partial charge in [0.15, 0.2) is 11.5 Å². The van der Waals surface area contributed by atoms with Crippen LogP contribution in [0.1, 0.15) is 17.5 Å². The highest BCUT2D eigenvalue weighted by Crippen LogP contribution is 2.38. The standard InChI is InChI=1S/C28H29ClN2O4/c1-18-19(2)24(11-10-22(18)30-13-7-15-34-26-9-6-5-8-21(26)29)35-25-12-14-31-23-17-28(33-4)27(32-3)16-20(23)25/h5-6,8-12,14,16-17,30H,7,13,15H2,1-4H3. The number of pyridine rings is 1. The quantitative estimate of drug-likeness (QED) is 0.236. The largest absolute Gasteiger partial charge is 0.493 e. The molecule has 0 saturated carbocycles. The van der Waals surface area contributed by atoms with E-state index in [-0.39, 0.29) is 0 Å². The Morgan fingerprint density at radius 3 is 2.37 bits per heavy atom. The highest BCUT2D eigenvalue weighted by molar-refractivity contribution is 6.32. The predicted molar refractivity (Wildman–Crippen MR) is 141 cm³/mol. The van der Waals surface area contributed by atoms with Gasteiger partial charge in [-0.1, -0.05) is 23.7 Å². The van der Waals surface area contributed by atoms with Crippen LogP contribution >= 0.6 is 11.6 Å². The molecule has 1 heterocycles. The third-order valence-electron chi connectivity index (χ3n) is 5.90. The maximum Gasteiger partial charge on any atom is 0.162 e. The van der Waals surface area contributed by atoms with Crippen molar-refractivity contribution in [2.75, 3.05) is 32.7 Å². The molecule has 0 bridgehead atoms. The number of para-hydroxylation sites is 1. The zero-order chi connectivity index (χ0) is 24.8. The van der Waals surface area contributed by atoms with Gasteiger partial charge in [-0.25, -0.2) is 0 Å². The van der Waals surface area contributed by atoms with E-state index < -0.39 is 0 Å². The van der Waals surface area contributed by atoms with Gasteiger partial charge >= 0.3 is 0 Å². The molecule has 7 heteroatoms. The van der Waals surface area contributed by atoms with Crippen molar-refractivity contribution in [2.24, 2.45) is 0 Å². The van der Waals surface area contributed by atoms with Crippen LogP contribution in [0.15, 0.2) is 60.8 Å². The number of nitrogens with zero attached hydrogens (tertiary/aromatic N) is 1. The molecule has 6 nitrogen and oxygen atoms in total. The van der Waals surface area contributed by atoms with Crippen molar-refractivity contribution >= 4 is 28.2 Å². The molecule has 4 aromatic rings. The van der Waals surface area contributed by atoms with E-state index in [2.05, 4.69) is 24.1 Å². The first kappa shape index (κ1) is 24.5. The lowest BCUT2D eigenvalue weighted by Gasteiger charge is -2.17. The number of methoxy groups -OCH3 is 2. The second-order valence-electron chi connectivity index (χ2n) is 8.06. The van der Waals surface area contributed by atoms with Crippen LogP contribution in [0.3, 0.4) is 0 Å². The van der Waals surface area contributed by atoms with Gasteiger partial charge in [0.1, 0.15) is 17.2 Å². The number of anilines is 1. The van der Waals surface area contributed by atoms with E-state index in [1.54, 1.807) is 20.4 Å². The van der Waals surface area contributed by atoms with Crippen molar-refractivity contribution in [1.82, 2.24) is 4.98 Å². The fourth-order valence-corrected chi connectivity index (χ4v) is 3.98. The van der Waals surface area contributed by atoms with Crippen LogP contribution < -0.4 is 24.3 Å². The van der Waals surface area contributed by atoms with Crippen LogP contribution in [-0.2, 0) is 0 Å². The third kappa shape index (κ3) is 5.54. The zero-order valence-corrected chi connectivity index (χ0v) is 21.1. The minimum atomic E-state index is 0.583. The van der Waals surface area contributed by atoms with Crippen molar-refractivity contribution in [1.29, 1.82) is 0 Å². The summed E-state index contributed by atoms with van der Waals surface area (Å²) in [4.78, 5) is 4.45. The SMILES string of the molecule is COc1cc2nccc(Oc3ccc(NCCCOc4ccccc4Cl)c(C)c3C)c2cc1OC. The Kier molecular flexibility index (Phi) is 7.83. The molecule has 0 aliphatic heterocycles. The molecular formula is C28H29ClN2O4. The van der Waals surface area contributed by atoms with E-state index in [1.807, 2.05) is 54.6 Å². The summed E-state index contributed by atoms with van der Waals surface area (Å²) in [7, 11) is 3.22. The molecule has 0 radical (unpaired) electrons. The second kappa shape index (κ2) is 11.2. The molecule has 0 fully saturated rings. The summed E-state index contributed by atoms with van der Waals surface area (Å²) in [6, 6.07) is 17.1. The summed E-state index contributed by atoms with van der Waals surface area (Å²) >= 11 is 6.14. The minimum Gasteiger partial charge on any atom is -0.493 e. The molecule has 0 saturated heterocycles. The maximum atomic E-state index is 6.34. The number of rotatable bonds is 10. The van der Waals surface area contributed by atoms with Gasteiger partial charge in [-0.2, -0.15) is 0 Å². The van der Waals surface area contributed by atoms with Crippen LogP contribution in [-0.4, -0.2) is 32.4 Å². The first-order valence-electron chi connectivity index (χ1n) is 11.4. The van der Waals surface area contributed by atoms with Gasteiger partial charge in [0.2, 0.25) is 0 Å². The van der Waals surface area contributed by atoms with Crippen LogP contribution in [0, 0.1) is 13.8 Å². The van der Waals surface area contributed by atoms with E-state index in [9.17, 15) is 0 Å². The van der Waals surface area contributed by atoms with Gasteiger partial charge in [0.05, 0.1) is 31.4 Å². The Bertz CT molecular complexity index is 1330. The normalized spacial score (nSPS) is 10.8. The van der Waals surface area contributed by atoms with Crippen molar-refractivity contribution in [3.8, 4) is 28.7 Å². The number of benzene rings is 3. The van der Waals surface area contributed by atoms with Crippen LogP contribution in [0.2, 0.25) is 5.02 Å². The Morgan fingerprint density at radius 2 is 1.60 bits per heavy atom. The molecule has 1 N–H and O–H groups in total. The summed E-state index contributed by atoms with van der Waals surface area (Å²) in [5.74, 6) is 3.46. The number of fused-ring (bicyclic) bond motifs is 1. The van der Waals surface area contributed by atoms with Crippen molar-refractivity contribution in [3.63, 3.8) is 0 Å². The topological polar surface area (TPSA) is 61.8 Å². The lowest BCUT2D eigenvalue weighted by Crippen LogP contribution is -2.09. The molecule has 1 aromatic heterocycles. The summed E-state index contributed by atoms with van der Waals surface area (Å²) < 4.78 is 23.0. The van der Waals surface area contributed by atoms with E-state index in [0.29, 0.717) is 34.6 Å². The molecule has 0 amide bonds. The summed E-state index contributed by atoms with van der Waals surface area (Å²) in [6.45, 7) is 5.51. The van der Waals surface area contributed by atoms with Crippen LogP contribution in [0.4, 0.5) is 5.69 Å². The van der Waals surface area contributed by atoms with Gasteiger partial charge in [-0.3, -0.25) is 4.98 Å². The van der Waals surface area contributed by atoms with E-state index >= 15 is 0 Å². The van der Waals surface area contributed by atoms with Crippen molar-refractivity contribution in [2.45, 2.75) is 20.3 Å². The lowest BCUT2D eigenvalue weighted by atomic mass is 10.1. The first-order valence-corrected chi connectivity index (χ1v) is 11.8. The van der Waals surface area contributed by atoms with E-state index in [4.69, 9.17) is 30.5 Å². The first-order chi connectivity index (χ1) is 17.0. The van der Waals surface area contributed by atoms with Gasteiger partial charge in [-0.05, 0) is 67.8 Å². The highest BCUT2D eigenvalue weighted by Gasteiger charge is 2.13. The summed E-state index contributed by atoms with van der Waals surface area (Å²) in [5, 5.41) is 4.97. The molecule has 0 unspecified atom stereocenters. The minimum absolute atomic E-state index is 0.583. The van der Waals surface area contributed by atoms with Crippen LogP contribution in [0.25, 0.3) is 10.9 Å². The number of aromatic nitrogens is 1. The third-order valence-corrected chi connectivity index (χ3v) is 6.21. The summed E-state index contributed by atoms with van der Waals surface area (Å²) in [5.41, 5.74) is 4.03. The predicted octanol–water partition coefficient (Wildman–Crippen LogP) is 7.20. The monoisotopic (exact) mass is 492 g/mol. The number of halogens is 1. The fraction of sp³-hybridized carbons (Fsp3) is 0.250. The molecule has 4 rings (SSSR count). The van der Waals surface area contributed by atoms with Gasteiger partial charge in [0.25, 0.3) is 0 Å². The molecule has 0 aliphatic rings. The molecule has 0 atom stereocenters. The Balaban J connectivity index is 1.43. The number of nitrogens with one attached hydrogen (secondary N) is 1. The number of ether oxygens (including phenoxy) is 4. The highest BCUT2D eigenvalue weighted by atomic mass is 35.5. The van der Waals surface area contributed by atoms with Crippen molar-refractivity contribution < 1.29 is 18.9 Å². The Morgan fingerprint density at radius 1 is 0.829 bits per heavy atom. The number of hydrogen-bond donors (Lipinski definition) is 1. The Hall–Kier alpha value is -3.64. The van der Waals surface area contributed by atoms with Gasteiger partial charge in [0, 0.05) is 29.9 Å². The maximum absolute atomic E-state index is 6.34. The average Bonchev–Trinajstić information content (AvgIpc) is 2.88. The molecular weight excluding hydrogens is 464 g/mol. The fourth-order valence-electron chi connectivity index (χ4n) is 3.79. The van der Waals surface area contributed by atoms with Gasteiger partial charge < -0.3 is 24.3 Å². The lowest BCUT2D eigenvalue weighted by molar-refractivity contribution is 0.315. The van der Waals surface area contributed by atoms with E-state index in [0.717, 1.165) is 46.4 Å². The second-order valence-corrected chi connectivity index (χ2v) is 8.46. The molecule has 3 aromatic carbocycles. The molecule has 0 aliphatic carbocycles. The Labute approximate surface area is 210 Å². The summed E-state index contributed by atoms with van der Waals surface area (Å²) in [6.07, 6.45) is 2.57. The van der Waals surface area contributed by atoms with Gasteiger partial charge in [-0.15, -0.1) is 0 Å². The molecule has 35 heavy (non-hydrogen) atoms. The average molecular weight is 493 g/mol. The van der Waals surface area contributed by atoms with Crippen LogP contribution in [0.5, 0.6) is 28.7 Å². The van der Waals surface area contributed by atoms with Crippen molar-refractivity contribution in [3.05, 3.63) is 76.9 Å². The molecule has 182 valence electrons. The smallest absolute Gasteiger partial charge is 0.162 e. The van der Waals surface area contributed by atoms with E-state index in [1.165, 1.54) is 0 Å². The molecule has 0 spiro atoms. The number of hydrogen-bond acceptors (Lipinski definition) is 6. The zero-order valence-electron chi connectivity index (χ0n) is 20.4.